The van der Waals surface area contributed by atoms with Crippen molar-refractivity contribution in [1.82, 2.24) is 10.6 Å². The SMILES string of the molecule is CCC(C)Oc1cccc(C(=O)NC2CCCCC2NC(=O)c2cccc(OC(C)CC)c2)c1. The largest absolute Gasteiger partial charge is 0.491 e. The number of amides is 2. The van der Waals surface area contributed by atoms with E-state index < -0.39 is 0 Å². The molecular formula is C28H38N2O4. The minimum absolute atomic E-state index is 0.0883. The van der Waals surface area contributed by atoms with Gasteiger partial charge in [-0.3, -0.25) is 9.59 Å². The van der Waals surface area contributed by atoms with Crippen LogP contribution in [0.3, 0.4) is 0 Å². The lowest BCUT2D eigenvalue weighted by molar-refractivity contribution is 0.0862. The third kappa shape index (κ3) is 7.24. The van der Waals surface area contributed by atoms with Crippen molar-refractivity contribution < 1.29 is 19.1 Å². The lowest BCUT2D eigenvalue weighted by Gasteiger charge is -2.33. The van der Waals surface area contributed by atoms with Crippen molar-refractivity contribution in [3.63, 3.8) is 0 Å². The van der Waals surface area contributed by atoms with Crippen LogP contribution < -0.4 is 20.1 Å². The van der Waals surface area contributed by atoms with E-state index in [9.17, 15) is 9.59 Å². The highest BCUT2D eigenvalue weighted by molar-refractivity contribution is 5.96. The summed E-state index contributed by atoms with van der Waals surface area (Å²) in [5.41, 5.74) is 1.12. The van der Waals surface area contributed by atoms with Gasteiger partial charge in [0, 0.05) is 23.2 Å². The molecule has 0 aromatic heterocycles. The molecule has 1 aliphatic carbocycles. The molecular weight excluding hydrogens is 428 g/mol. The average molecular weight is 467 g/mol. The lowest BCUT2D eigenvalue weighted by Crippen LogP contribution is -2.53. The number of rotatable bonds is 10. The molecule has 2 aromatic carbocycles. The maximum atomic E-state index is 13.0. The zero-order valence-electron chi connectivity index (χ0n) is 20.8. The van der Waals surface area contributed by atoms with E-state index >= 15 is 0 Å². The molecule has 34 heavy (non-hydrogen) atoms. The number of ether oxygens (including phenoxy) is 2. The summed E-state index contributed by atoms with van der Waals surface area (Å²) in [4.78, 5) is 26.0. The normalized spacial score (nSPS) is 19.5. The van der Waals surface area contributed by atoms with Gasteiger partial charge in [-0.25, -0.2) is 0 Å². The standard InChI is InChI=1S/C28H38N2O4/c1-5-19(3)33-23-13-9-11-21(17-23)27(31)29-25-15-7-8-16-26(25)30-28(32)22-12-10-14-24(18-22)34-20(4)6-2/h9-14,17-20,25-26H,5-8,15-16H2,1-4H3,(H,29,31)(H,30,32). The minimum atomic E-state index is -0.148. The van der Waals surface area contributed by atoms with E-state index in [2.05, 4.69) is 24.5 Å². The van der Waals surface area contributed by atoms with Crippen LogP contribution in [0.2, 0.25) is 0 Å². The molecule has 3 rings (SSSR count). The van der Waals surface area contributed by atoms with Gasteiger partial charge in [-0.05, 0) is 75.9 Å². The molecule has 0 saturated heterocycles. The van der Waals surface area contributed by atoms with Crippen LogP contribution in [0.25, 0.3) is 0 Å². The lowest BCUT2D eigenvalue weighted by atomic mass is 9.89. The van der Waals surface area contributed by atoms with Gasteiger partial charge in [0.25, 0.3) is 11.8 Å². The Balaban J connectivity index is 1.64. The Morgan fingerprint density at radius 2 is 1.21 bits per heavy atom. The van der Waals surface area contributed by atoms with Crippen LogP contribution in [-0.2, 0) is 0 Å². The van der Waals surface area contributed by atoms with Crippen molar-refractivity contribution >= 4 is 11.8 Å². The molecule has 6 nitrogen and oxygen atoms in total. The first-order chi connectivity index (χ1) is 16.4. The van der Waals surface area contributed by atoms with Crippen molar-refractivity contribution in [1.29, 1.82) is 0 Å². The van der Waals surface area contributed by atoms with E-state index in [1.54, 1.807) is 24.3 Å². The Bertz CT molecular complexity index is 883. The Morgan fingerprint density at radius 1 is 0.794 bits per heavy atom. The van der Waals surface area contributed by atoms with Crippen LogP contribution in [0, 0.1) is 0 Å². The van der Waals surface area contributed by atoms with Crippen LogP contribution in [0.1, 0.15) is 86.9 Å². The Morgan fingerprint density at radius 3 is 1.59 bits per heavy atom. The van der Waals surface area contributed by atoms with Gasteiger partial charge in [-0.15, -0.1) is 0 Å². The van der Waals surface area contributed by atoms with E-state index in [1.807, 2.05) is 38.1 Å². The van der Waals surface area contributed by atoms with Crippen molar-refractivity contribution in [2.45, 2.75) is 90.5 Å². The van der Waals surface area contributed by atoms with Gasteiger partial charge in [0.1, 0.15) is 11.5 Å². The summed E-state index contributed by atoms with van der Waals surface area (Å²) in [6.07, 6.45) is 5.67. The van der Waals surface area contributed by atoms with Gasteiger partial charge in [-0.1, -0.05) is 38.8 Å². The molecule has 1 saturated carbocycles. The highest BCUT2D eigenvalue weighted by Crippen LogP contribution is 2.22. The number of carbonyl (C=O) groups excluding carboxylic acids is 2. The molecule has 6 heteroatoms. The molecule has 1 fully saturated rings. The van der Waals surface area contributed by atoms with E-state index in [0.717, 1.165) is 38.5 Å². The molecule has 0 radical (unpaired) electrons. The fraction of sp³-hybridized carbons (Fsp3) is 0.500. The van der Waals surface area contributed by atoms with Gasteiger partial charge in [0.2, 0.25) is 0 Å². The van der Waals surface area contributed by atoms with E-state index in [1.165, 1.54) is 0 Å². The Hall–Kier alpha value is -3.02. The van der Waals surface area contributed by atoms with Gasteiger partial charge in [0.05, 0.1) is 12.2 Å². The molecule has 2 N–H and O–H groups in total. The third-order valence-corrected chi connectivity index (χ3v) is 6.42. The summed E-state index contributed by atoms with van der Waals surface area (Å²) in [6, 6.07) is 14.3. The molecule has 4 atom stereocenters. The molecule has 0 heterocycles. The predicted molar refractivity (Wildman–Crippen MR) is 135 cm³/mol. The van der Waals surface area contributed by atoms with E-state index in [-0.39, 0.29) is 36.1 Å². The average Bonchev–Trinajstić information content (AvgIpc) is 2.85. The quantitative estimate of drug-likeness (QED) is 0.484. The van der Waals surface area contributed by atoms with Gasteiger partial charge in [-0.2, -0.15) is 0 Å². The number of hydrogen-bond donors (Lipinski definition) is 2. The van der Waals surface area contributed by atoms with E-state index in [4.69, 9.17) is 9.47 Å². The first-order valence-electron chi connectivity index (χ1n) is 12.5. The second-order valence-corrected chi connectivity index (χ2v) is 9.17. The Kier molecular flexibility index (Phi) is 9.37. The van der Waals surface area contributed by atoms with Crippen LogP contribution in [0.15, 0.2) is 48.5 Å². The second-order valence-electron chi connectivity index (χ2n) is 9.17. The number of nitrogens with one attached hydrogen (secondary N) is 2. The molecule has 0 aliphatic heterocycles. The van der Waals surface area contributed by atoms with E-state index in [0.29, 0.717) is 22.6 Å². The monoisotopic (exact) mass is 466 g/mol. The van der Waals surface area contributed by atoms with Crippen molar-refractivity contribution in [2.24, 2.45) is 0 Å². The molecule has 4 unspecified atom stereocenters. The number of carbonyl (C=O) groups is 2. The first kappa shape index (κ1) is 25.6. The molecule has 0 spiro atoms. The topological polar surface area (TPSA) is 76.7 Å². The molecule has 184 valence electrons. The molecule has 0 bridgehead atoms. The van der Waals surface area contributed by atoms with Gasteiger partial charge >= 0.3 is 0 Å². The summed E-state index contributed by atoms with van der Waals surface area (Å²) in [6.45, 7) is 8.14. The minimum Gasteiger partial charge on any atom is -0.491 e. The van der Waals surface area contributed by atoms with Crippen molar-refractivity contribution in [2.75, 3.05) is 0 Å². The van der Waals surface area contributed by atoms with Crippen LogP contribution in [-0.4, -0.2) is 36.1 Å². The highest BCUT2D eigenvalue weighted by atomic mass is 16.5. The highest BCUT2D eigenvalue weighted by Gasteiger charge is 2.28. The van der Waals surface area contributed by atoms with Crippen LogP contribution in [0.4, 0.5) is 0 Å². The third-order valence-electron chi connectivity index (χ3n) is 6.42. The molecule has 2 amide bonds. The predicted octanol–water partition coefficient (Wildman–Crippen LogP) is 5.51. The zero-order chi connectivity index (χ0) is 24.5. The molecule has 1 aliphatic rings. The van der Waals surface area contributed by atoms with Crippen LogP contribution in [0.5, 0.6) is 11.5 Å². The zero-order valence-corrected chi connectivity index (χ0v) is 20.8. The first-order valence-corrected chi connectivity index (χ1v) is 12.5. The fourth-order valence-electron chi connectivity index (χ4n) is 4.03. The van der Waals surface area contributed by atoms with Crippen molar-refractivity contribution in [3.8, 4) is 11.5 Å². The maximum absolute atomic E-state index is 13.0. The smallest absolute Gasteiger partial charge is 0.251 e. The number of benzene rings is 2. The fourth-order valence-corrected chi connectivity index (χ4v) is 4.03. The van der Waals surface area contributed by atoms with Crippen molar-refractivity contribution in [3.05, 3.63) is 59.7 Å². The van der Waals surface area contributed by atoms with Gasteiger partial charge < -0.3 is 20.1 Å². The summed E-state index contributed by atoms with van der Waals surface area (Å²) >= 11 is 0. The summed E-state index contributed by atoms with van der Waals surface area (Å²) in [5.74, 6) is 1.08. The maximum Gasteiger partial charge on any atom is 0.251 e. The van der Waals surface area contributed by atoms with Gasteiger partial charge in [0.15, 0.2) is 0 Å². The molecule has 2 aromatic rings. The summed E-state index contributed by atoms with van der Waals surface area (Å²) < 4.78 is 11.7. The second kappa shape index (κ2) is 12.4. The number of hydrogen-bond acceptors (Lipinski definition) is 4. The van der Waals surface area contributed by atoms with Crippen LogP contribution >= 0.6 is 0 Å². The Labute approximate surface area is 203 Å². The summed E-state index contributed by atoms with van der Waals surface area (Å²) in [7, 11) is 0. The summed E-state index contributed by atoms with van der Waals surface area (Å²) in [5, 5.41) is 6.30.